The van der Waals surface area contributed by atoms with Gasteiger partial charge in [0.15, 0.2) is 11.5 Å². The van der Waals surface area contributed by atoms with Crippen LogP contribution < -0.4 is 20.1 Å². The molecule has 0 bridgehead atoms. The van der Waals surface area contributed by atoms with Crippen LogP contribution in [0.5, 0.6) is 11.5 Å². The molecule has 2 N–H and O–H groups in total. The Morgan fingerprint density at radius 2 is 1.91 bits per heavy atom. The van der Waals surface area contributed by atoms with E-state index in [-0.39, 0.29) is 25.9 Å². The van der Waals surface area contributed by atoms with E-state index in [0.29, 0.717) is 28.7 Å². The number of sulfonamides is 1. The van der Waals surface area contributed by atoms with Crippen molar-refractivity contribution in [3.05, 3.63) is 41.3 Å². The molecule has 1 atom stereocenters. The Morgan fingerprint density at radius 3 is 2.72 bits per heavy atom. The first-order chi connectivity index (χ1) is 15.4. The van der Waals surface area contributed by atoms with Crippen molar-refractivity contribution in [2.45, 2.75) is 42.5 Å². The normalized spacial score (nSPS) is 18.3. The molecule has 0 spiro atoms. The lowest BCUT2D eigenvalue weighted by molar-refractivity contribution is -0.139. The molecule has 1 saturated heterocycles. The van der Waals surface area contributed by atoms with Crippen LogP contribution in [0.4, 0.5) is 0 Å². The van der Waals surface area contributed by atoms with Crippen LogP contribution in [0.3, 0.4) is 0 Å². The van der Waals surface area contributed by atoms with Crippen molar-refractivity contribution in [1.82, 2.24) is 14.9 Å². The van der Waals surface area contributed by atoms with Crippen molar-refractivity contribution in [3.8, 4) is 11.5 Å². The first-order valence-electron chi connectivity index (χ1n) is 10.4. The summed E-state index contributed by atoms with van der Waals surface area (Å²) in [5.74, 6) is -0.227. The van der Waals surface area contributed by atoms with E-state index < -0.39 is 21.8 Å². The van der Waals surface area contributed by atoms with Gasteiger partial charge in [0.05, 0.1) is 0 Å². The second kappa shape index (κ2) is 9.88. The van der Waals surface area contributed by atoms with Crippen LogP contribution in [-0.2, 0) is 26.2 Å². The smallest absolute Gasteiger partial charge is 0.309 e. The van der Waals surface area contributed by atoms with Crippen molar-refractivity contribution >= 4 is 33.2 Å². The Hall–Kier alpha value is -2.63. The lowest BCUT2D eigenvalue weighted by atomic mass is 10.0. The third-order valence-electron chi connectivity index (χ3n) is 5.49. The lowest BCUT2D eigenvalue weighted by Gasteiger charge is -2.34. The molecular weight excluding hydrogens is 454 g/mol. The molecule has 2 amide bonds. The predicted octanol–water partition coefficient (Wildman–Crippen LogP) is 1.84. The van der Waals surface area contributed by atoms with Crippen molar-refractivity contribution in [3.63, 3.8) is 0 Å². The fourth-order valence-corrected chi connectivity index (χ4v) is 6.69. The van der Waals surface area contributed by atoms with Crippen LogP contribution in [-0.4, -0.2) is 50.5 Å². The number of carbonyl (C=O) groups is 2. The highest BCUT2D eigenvalue weighted by molar-refractivity contribution is 7.91. The van der Waals surface area contributed by atoms with Gasteiger partial charge in [-0.15, -0.1) is 11.3 Å². The maximum absolute atomic E-state index is 12.9. The maximum atomic E-state index is 12.9. The molecule has 1 aromatic carbocycles. The topological polar surface area (TPSA) is 114 Å². The monoisotopic (exact) mass is 479 g/mol. The number of nitrogens with zero attached hydrogens (tertiary/aromatic N) is 1. The van der Waals surface area contributed by atoms with Gasteiger partial charge in [0.25, 0.3) is 10.0 Å². The van der Waals surface area contributed by atoms with Gasteiger partial charge >= 0.3 is 11.8 Å². The van der Waals surface area contributed by atoms with Crippen LogP contribution in [0.2, 0.25) is 0 Å². The molecule has 2 aliphatic heterocycles. The van der Waals surface area contributed by atoms with Gasteiger partial charge in [-0.05, 0) is 48.4 Å². The minimum atomic E-state index is -3.54. The highest BCUT2D eigenvalue weighted by atomic mass is 32.2. The van der Waals surface area contributed by atoms with E-state index in [1.807, 2.05) is 0 Å². The number of rotatable bonds is 7. The van der Waals surface area contributed by atoms with Crippen molar-refractivity contribution in [2.24, 2.45) is 0 Å². The van der Waals surface area contributed by atoms with E-state index in [9.17, 15) is 18.0 Å². The van der Waals surface area contributed by atoms with Gasteiger partial charge in [-0.3, -0.25) is 9.59 Å². The van der Waals surface area contributed by atoms with Gasteiger partial charge in [0.2, 0.25) is 6.79 Å². The number of fused-ring (bicyclic) bond motifs is 1. The summed E-state index contributed by atoms with van der Waals surface area (Å²) < 4.78 is 38.3. The second-order valence-corrected chi connectivity index (χ2v) is 10.7. The average Bonchev–Trinajstić information content (AvgIpc) is 3.49. The standard InChI is InChI=1S/C21H25N3O6S2/c25-20(21(26)23-13-15-6-7-17-18(12-15)30-14-29-17)22-9-8-16-4-1-2-10-24(16)32(27,28)19-5-3-11-31-19/h3,5-7,11-12,16H,1-2,4,8-10,13-14H2,(H,22,25)(H,23,26)/t16-/m1/s1. The quantitative estimate of drug-likeness (QED) is 0.586. The van der Waals surface area contributed by atoms with Crippen molar-refractivity contribution in [2.75, 3.05) is 19.9 Å². The van der Waals surface area contributed by atoms with Crippen LogP contribution in [0.25, 0.3) is 0 Å². The summed E-state index contributed by atoms with van der Waals surface area (Å²) in [5.41, 5.74) is 0.784. The third-order valence-corrected chi connectivity index (χ3v) is 8.82. The summed E-state index contributed by atoms with van der Waals surface area (Å²) in [7, 11) is -3.54. The van der Waals surface area contributed by atoms with Gasteiger partial charge in [-0.25, -0.2) is 8.42 Å². The van der Waals surface area contributed by atoms with Gasteiger partial charge in [-0.1, -0.05) is 18.6 Å². The maximum Gasteiger partial charge on any atom is 0.309 e. The molecule has 2 aliphatic rings. The SMILES string of the molecule is O=C(NCC[C@H]1CCCCN1S(=O)(=O)c1cccs1)C(=O)NCc1ccc2c(c1)OCO2. The molecular formula is C21H25N3O6S2. The predicted molar refractivity (Wildman–Crippen MR) is 118 cm³/mol. The molecule has 0 radical (unpaired) electrons. The third kappa shape index (κ3) is 5.05. The molecule has 1 aromatic heterocycles. The molecule has 1 fully saturated rings. The van der Waals surface area contributed by atoms with Crippen molar-refractivity contribution < 1.29 is 27.5 Å². The number of carbonyl (C=O) groups excluding carboxylic acids is 2. The van der Waals surface area contributed by atoms with Crippen molar-refractivity contribution in [1.29, 1.82) is 0 Å². The Morgan fingerprint density at radius 1 is 1.09 bits per heavy atom. The number of nitrogens with one attached hydrogen (secondary N) is 2. The molecule has 32 heavy (non-hydrogen) atoms. The molecule has 4 rings (SSSR count). The fraction of sp³-hybridized carbons (Fsp3) is 0.429. The molecule has 0 saturated carbocycles. The Kier molecular flexibility index (Phi) is 6.97. The number of hydrogen-bond donors (Lipinski definition) is 2. The Labute approximate surface area is 190 Å². The highest BCUT2D eigenvalue weighted by Gasteiger charge is 2.33. The summed E-state index contributed by atoms with van der Waals surface area (Å²) in [4.78, 5) is 24.3. The highest BCUT2D eigenvalue weighted by Crippen LogP contribution is 2.32. The summed E-state index contributed by atoms with van der Waals surface area (Å²) >= 11 is 1.20. The molecule has 0 aliphatic carbocycles. The number of benzene rings is 1. The average molecular weight is 480 g/mol. The second-order valence-electron chi connectivity index (χ2n) is 7.61. The summed E-state index contributed by atoms with van der Waals surface area (Å²) in [5, 5.41) is 6.92. The van der Waals surface area contributed by atoms with Gasteiger partial charge in [-0.2, -0.15) is 4.31 Å². The van der Waals surface area contributed by atoms with Crippen LogP contribution in [0, 0.1) is 0 Å². The summed E-state index contributed by atoms with van der Waals surface area (Å²) in [6.45, 7) is 1.03. The summed E-state index contributed by atoms with van der Waals surface area (Å²) in [6, 6.07) is 8.43. The molecule has 3 heterocycles. The first-order valence-corrected chi connectivity index (χ1v) is 12.8. The van der Waals surface area contributed by atoms with E-state index in [2.05, 4.69) is 10.6 Å². The molecule has 0 unspecified atom stereocenters. The number of ether oxygens (including phenoxy) is 2. The zero-order valence-corrected chi connectivity index (χ0v) is 19.0. The van der Waals surface area contributed by atoms with Gasteiger partial charge in [0.1, 0.15) is 4.21 Å². The number of amides is 2. The van der Waals surface area contributed by atoms with E-state index >= 15 is 0 Å². The van der Waals surface area contributed by atoms with E-state index in [1.165, 1.54) is 15.6 Å². The Balaban J connectivity index is 1.25. The first kappa shape index (κ1) is 22.6. The largest absolute Gasteiger partial charge is 0.454 e. The van der Waals surface area contributed by atoms with Crippen LogP contribution in [0.1, 0.15) is 31.2 Å². The lowest BCUT2D eigenvalue weighted by Crippen LogP contribution is -2.46. The number of thiophene rings is 1. The van der Waals surface area contributed by atoms with E-state index in [4.69, 9.17) is 9.47 Å². The Bertz CT molecular complexity index is 1070. The zero-order chi connectivity index (χ0) is 22.6. The molecule has 2 aromatic rings. The minimum absolute atomic E-state index is 0.167. The fourth-order valence-electron chi connectivity index (χ4n) is 3.85. The molecule has 9 nitrogen and oxygen atoms in total. The number of hydrogen-bond acceptors (Lipinski definition) is 7. The van der Waals surface area contributed by atoms with E-state index in [0.717, 1.165) is 24.8 Å². The van der Waals surface area contributed by atoms with Crippen LogP contribution in [0.15, 0.2) is 39.9 Å². The van der Waals surface area contributed by atoms with Gasteiger partial charge in [0, 0.05) is 25.7 Å². The van der Waals surface area contributed by atoms with Crippen LogP contribution >= 0.6 is 11.3 Å². The molecule has 172 valence electrons. The summed E-state index contributed by atoms with van der Waals surface area (Å²) in [6.07, 6.45) is 2.93. The molecule has 11 heteroatoms. The van der Waals surface area contributed by atoms with E-state index in [1.54, 1.807) is 35.7 Å². The zero-order valence-electron chi connectivity index (χ0n) is 17.4. The minimum Gasteiger partial charge on any atom is -0.454 e. The van der Waals surface area contributed by atoms with Gasteiger partial charge < -0.3 is 20.1 Å². The number of piperidine rings is 1.